The van der Waals surface area contributed by atoms with Crippen molar-refractivity contribution in [3.05, 3.63) is 18.0 Å². The van der Waals surface area contributed by atoms with Crippen molar-refractivity contribution >= 4 is 11.9 Å². The molecular weight excluding hydrogens is 318 g/mol. The molecule has 0 spiro atoms. The first-order chi connectivity index (χ1) is 12.0. The van der Waals surface area contributed by atoms with E-state index in [0.29, 0.717) is 19.1 Å². The lowest BCUT2D eigenvalue weighted by atomic mass is 9.96. The number of nitrogens with one attached hydrogen (secondary N) is 1. The molecule has 1 aromatic heterocycles. The summed E-state index contributed by atoms with van der Waals surface area (Å²) in [5, 5.41) is 7.27. The summed E-state index contributed by atoms with van der Waals surface area (Å²) in [5.74, 6) is 0.00645. The van der Waals surface area contributed by atoms with E-state index >= 15 is 0 Å². The van der Waals surface area contributed by atoms with Crippen LogP contribution in [0.2, 0.25) is 0 Å². The third-order valence-electron chi connectivity index (χ3n) is 5.29. The third kappa shape index (κ3) is 4.52. The average Bonchev–Trinajstić information content (AvgIpc) is 3.26. The standard InChI is InChI=1S/C18H29N5O2/c1-21(11-14-10-19-22(2)12-14)17(24)15-6-5-9-23(13-15)18(25)20-16-7-3-4-8-16/h10,12,15-16H,3-9,11,13H2,1-2H3,(H,20,25)/t15-/m1/s1. The fraction of sp³-hybridized carbons (Fsp3) is 0.722. The Morgan fingerprint density at radius 1 is 1.28 bits per heavy atom. The van der Waals surface area contributed by atoms with Crippen molar-refractivity contribution in [3.8, 4) is 0 Å². The largest absolute Gasteiger partial charge is 0.341 e. The number of aryl methyl sites for hydroxylation is 1. The number of carbonyl (C=O) groups is 2. The van der Waals surface area contributed by atoms with E-state index in [0.717, 1.165) is 37.8 Å². The van der Waals surface area contributed by atoms with Crippen LogP contribution in [0.5, 0.6) is 0 Å². The minimum absolute atomic E-state index is 0.000637. The van der Waals surface area contributed by atoms with Crippen LogP contribution in [0.3, 0.4) is 0 Å². The highest BCUT2D eigenvalue weighted by molar-refractivity contribution is 5.80. The molecule has 1 aliphatic carbocycles. The molecule has 7 heteroatoms. The predicted molar refractivity (Wildman–Crippen MR) is 94.8 cm³/mol. The van der Waals surface area contributed by atoms with Crippen LogP contribution >= 0.6 is 0 Å². The van der Waals surface area contributed by atoms with E-state index in [1.54, 1.807) is 15.8 Å². The van der Waals surface area contributed by atoms with Gasteiger partial charge in [-0.05, 0) is 25.7 Å². The molecule has 25 heavy (non-hydrogen) atoms. The molecule has 1 saturated heterocycles. The number of rotatable bonds is 4. The van der Waals surface area contributed by atoms with E-state index in [-0.39, 0.29) is 17.9 Å². The van der Waals surface area contributed by atoms with E-state index in [1.165, 1.54) is 12.8 Å². The van der Waals surface area contributed by atoms with Crippen molar-refractivity contribution in [2.45, 2.75) is 51.1 Å². The molecule has 1 aliphatic heterocycles. The Morgan fingerprint density at radius 3 is 2.72 bits per heavy atom. The number of hydrogen-bond acceptors (Lipinski definition) is 3. The van der Waals surface area contributed by atoms with Crippen LogP contribution in [0.25, 0.3) is 0 Å². The number of hydrogen-bond donors (Lipinski definition) is 1. The van der Waals surface area contributed by atoms with E-state index in [4.69, 9.17) is 0 Å². The van der Waals surface area contributed by atoms with Gasteiger partial charge in [-0.1, -0.05) is 12.8 Å². The van der Waals surface area contributed by atoms with Crippen LogP contribution in [0.4, 0.5) is 4.79 Å². The second-order valence-electron chi connectivity index (χ2n) is 7.43. The molecule has 7 nitrogen and oxygen atoms in total. The first-order valence-corrected chi connectivity index (χ1v) is 9.31. The van der Waals surface area contributed by atoms with E-state index in [9.17, 15) is 9.59 Å². The Hall–Kier alpha value is -2.05. The van der Waals surface area contributed by atoms with E-state index < -0.39 is 0 Å². The van der Waals surface area contributed by atoms with Crippen LogP contribution in [0, 0.1) is 5.92 Å². The van der Waals surface area contributed by atoms with Gasteiger partial charge in [0.05, 0.1) is 12.1 Å². The Bertz CT molecular complexity index is 608. The van der Waals surface area contributed by atoms with Gasteiger partial charge in [-0.25, -0.2) is 4.79 Å². The average molecular weight is 347 g/mol. The lowest BCUT2D eigenvalue weighted by Crippen LogP contribution is -2.50. The summed E-state index contributed by atoms with van der Waals surface area (Å²) in [6, 6.07) is 0.316. The molecule has 2 fully saturated rings. The molecule has 3 rings (SSSR count). The lowest BCUT2D eigenvalue weighted by molar-refractivity contribution is -0.136. The Balaban J connectivity index is 1.52. The smallest absolute Gasteiger partial charge is 0.317 e. The van der Waals surface area contributed by atoms with E-state index in [1.807, 2.05) is 25.2 Å². The summed E-state index contributed by atoms with van der Waals surface area (Å²) in [7, 11) is 3.69. The summed E-state index contributed by atoms with van der Waals surface area (Å²) in [4.78, 5) is 28.8. The molecule has 0 bridgehead atoms. The zero-order chi connectivity index (χ0) is 17.8. The zero-order valence-electron chi connectivity index (χ0n) is 15.3. The van der Waals surface area contributed by atoms with Crippen LogP contribution in [-0.2, 0) is 18.4 Å². The van der Waals surface area contributed by atoms with Gasteiger partial charge in [-0.2, -0.15) is 5.10 Å². The first-order valence-electron chi connectivity index (χ1n) is 9.31. The minimum Gasteiger partial charge on any atom is -0.341 e. The summed E-state index contributed by atoms with van der Waals surface area (Å²) in [5.41, 5.74) is 1.02. The van der Waals surface area contributed by atoms with Gasteiger partial charge in [-0.15, -0.1) is 0 Å². The van der Waals surface area contributed by atoms with Crippen LogP contribution in [0.15, 0.2) is 12.4 Å². The van der Waals surface area contributed by atoms with Crippen molar-refractivity contribution in [1.82, 2.24) is 24.9 Å². The monoisotopic (exact) mass is 347 g/mol. The van der Waals surface area contributed by atoms with Gasteiger partial charge < -0.3 is 15.1 Å². The molecule has 138 valence electrons. The Kier molecular flexibility index (Phi) is 5.60. The molecule has 1 aromatic rings. The molecule has 0 unspecified atom stereocenters. The van der Waals surface area contributed by atoms with Crippen LogP contribution in [0.1, 0.15) is 44.1 Å². The van der Waals surface area contributed by atoms with Crippen LogP contribution < -0.4 is 5.32 Å². The molecule has 1 saturated carbocycles. The highest BCUT2D eigenvalue weighted by Crippen LogP contribution is 2.21. The van der Waals surface area contributed by atoms with Gasteiger partial charge in [0.1, 0.15) is 0 Å². The second-order valence-corrected chi connectivity index (χ2v) is 7.43. The van der Waals surface area contributed by atoms with Gasteiger partial charge in [0.25, 0.3) is 0 Å². The maximum absolute atomic E-state index is 12.8. The molecule has 1 N–H and O–H groups in total. The fourth-order valence-corrected chi connectivity index (χ4v) is 3.92. The van der Waals surface area contributed by atoms with Crippen molar-refractivity contribution in [1.29, 1.82) is 0 Å². The molecule has 1 atom stereocenters. The molecule has 2 aliphatic rings. The van der Waals surface area contributed by atoms with Gasteiger partial charge >= 0.3 is 6.03 Å². The molecule has 2 heterocycles. The normalized spacial score (nSPS) is 21.4. The third-order valence-corrected chi connectivity index (χ3v) is 5.29. The van der Waals surface area contributed by atoms with Gasteiger partial charge in [-0.3, -0.25) is 9.48 Å². The van der Waals surface area contributed by atoms with Crippen molar-refractivity contribution in [3.63, 3.8) is 0 Å². The van der Waals surface area contributed by atoms with E-state index in [2.05, 4.69) is 10.4 Å². The molecule has 0 aromatic carbocycles. The summed E-state index contributed by atoms with van der Waals surface area (Å²) in [6.07, 6.45) is 10.00. The molecule has 0 radical (unpaired) electrons. The number of amides is 3. The quantitative estimate of drug-likeness (QED) is 0.902. The highest BCUT2D eigenvalue weighted by atomic mass is 16.2. The maximum atomic E-state index is 12.8. The minimum atomic E-state index is -0.107. The molecular formula is C18H29N5O2. The number of urea groups is 1. The van der Waals surface area contributed by atoms with Crippen molar-refractivity contribution < 1.29 is 9.59 Å². The SMILES string of the molecule is CN(Cc1cnn(C)c1)C(=O)[C@@H]1CCCN(C(=O)NC2CCCC2)C1. The number of piperidine rings is 1. The topological polar surface area (TPSA) is 70.5 Å². The Morgan fingerprint density at radius 2 is 2.04 bits per heavy atom. The second kappa shape index (κ2) is 7.89. The van der Waals surface area contributed by atoms with Gasteiger partial charge in [0.15, 0.2) is 0 Å². The summed E-state index contributed by atoms with van der Waals surface area (Å²) in [6.45, 7) is 1.82. The number of carbonyl (C=O) groups excluding carboxylic acids is 2. The first kappa shape index (κ1) is 17.8. The number of nitrogens with zero attached hydrogens (tertiary/aromatic N) is 4. The van der Waals surface area contributed by atoms with Crippen molar-refractivity contribution in [2.75, 3.05) is 20.1 Å². The maximum Gasteiger partial charge on any atom is 0.317 e. The molecule has 3 amide bonds. The zero-order valence-corrected chi connectivity index (χ0v) is 15.3. The predicted octanol–water partition coefficient (Wildman–Crippen LogP) is 1.74. The lowest BCUT2D eigenvalue weighted by Gasteiger charge is -2.34. The summed E-state index contributed by atoms with van der Waals surface area (Å²) >= 11 is 0. The fourth-order valence-electron chi connectivity index (χ4n) is 3.92. The van der Waals surface area contributed by atoms with Crippen molar-refractivity contribution in [2.24, 2.45) is 13.0 Å². The van der Waals surface area contributed by atoms with Gasteiger partial charge in [0.2, 0.25) is 5.91 Å². The number of aromatic nitrogens is 2. The summed E-state index contributed by atoms with van der Waals surface area (Å²) < 4.78 is 1.74. The van der Waals surface area contributed by atoms with Gasteiger partial charge in [0, 0.05) is 51.5 Å². The number of likely N-dealkylation sites (tertiary alicyclic amines) is 1. The highest BCUT2D eigenvalue weighted by Gasteiger charge is 2.31. The Labute approximate surface area is 149 Å². The van der Waals surface area contributed by atoms with Crippen LogP contribution in [-0.4, -0.2) is 57.7 Å².